The Balaban J connectivity index is 1.49. The molecule has 1 aliphatic heterocycles. The van der Waals surface area contributed by atoms with Crippen molar-refractivity contribution in [3.8, 4) is 0 Å². The average molecular weight is 452 g/mol. The second-order valence-corrected chi connectivity index (χ2v) is 9.44. The molecule has 4 heterocycles. The third kappa shape index (κ3) is 4.57. The summed E-state index contributed by atoms with van der Waals surface area (Å²) in [6.07, 6.45) is 8.85. The molecule has 4 rings (SSSR count). The van der Waals surface area contributed by atoms with E-state index in [1.165, 1.54) is 4.88 Å². The molecule has 0 saturated carbocycles. The van der Waals surface area contributed by atoms with E-state index >= 15 is 0 Å². The molecule has 0 radical (unpaired) electrons. The molecule has 3 aromatic heterocycles. The summed E-state index contributed by atoms with van der Waals surface area (Å²) in [4.78, 5) is 29.7. The van der Waals surface area contributed by atoms with Crippen molar-refractivity contribution in [1.82, 2.24) is 29.6 Å². The summed E-state index contributed by atoms with van der Waals surface area (Å²) >= 11 is 1.61. The number of hydrogen-bond donors (Lipinski definition) is 1. The molecular formula is C23H29N7OS. The van der Waals surface area contributed by atoms with Gasteiger partial charge in [0.05, 0.1) is 17.1 Å². The van der Waals surface area contributed by atoms with Gasteiger partial charge in [-0.2, -0.15) is 5.10 Å². The van der Waals surface area contributed by atoms with Crippen LogP contribution in [-0.4, -0.2) is 48.6 Å². The number of amides is 1. The van der Waals surface area contributed by atoms with Gasteiger partial charge in [-0.15, -0.1) is 11.3 Å². The number of rotatable bonds is 5. The van der Waals surface area contributed by atoms with Gasteiger partial charge < -0.3 is 10.2 Å². The van der Waals surface area contributed by atoms with Crippen molar-refractivity contribution in [1.29, 1.82) is 0 Å². The van der Waals surface area contributed by atoms with Gasteiger partial charge in [0.1, 0.15) is 0 Å². The van der Waals surface area contributed by atoms with Crippen LogP contribution in [0, 0.1) is 27.7 Å². The molecule has 1 fully saturated rings. The Morgan fingerprint density at radius 3 is 2.66 bits per heavy atom. The molecule has 1 N–H and O–H groups in total. The number of aryl methyl sites for hydroxylation is 4. The maximum absolute atomic E-state index is 12.9. The van der Waals surface area contributed by atoms with E-state index in [0.717, 1.165) is 58.7 Å². The molecule has 32 heavy (non-hydrogen) atoms. The van der Waals surface area contributed by atoms with E-state index in [-0.39, 0.29) is 11.8 Å². The van der Waals surface area contributed by atoms with Crippen LogP contribution >= 0.6 is 11.3 Å². The highest BCUT2D eigenvalue weighted by Crippen LogP contribution is 2.32. The zero-order chi connectivity index (χ0) is 22.8. The molecule has 0 aromatic carbocycles. The Morgan fingerprint density at radius 1 is 1.19 bits per heavy atom. The van der Waals surface area contributed by atoms with Crippen molar-refractivity contribution in [2.75, 3.05) is 18.4 Å². The minimum atomic E-state index is 0.0157. The van der Waals surface area contributed by atoms with Crippen molar-refractivity contribution < 1.29 is 4.79 Å². The fraction of sp³-hybridized carbons (Fsp3) is 0.435. The summed E-state index contributed by atoms with van der Waals surface area (Å²) in [6.45, 7) is 9.40. The maximum Gasteiger partial charge on any atom is 0.246 e. The van der Waals surface area contributed by atoms with Crippen molar-refractivity contribution in [3.05, 3.63) is 51.7 Å². The van der Waals surface area contributed by atoms with Crippen LogP contribution in [0.5, 0.6) is 0 Å². The number of nitrogens with zero attached hydrogens (tertiary/aromatic N) is 6. The van der Waals surface area contributed by atoms with E-state index in [1.807, 2.05) is 43.5 Å². The summed E-state index contributed by atoms with van der Waals surface area (Å²) in [5, 5.41) is 8.58. The van der Waals surface area contributed by atoms with E-state index in [4.69, 9.17) is 0 Å². The van der Waals surface area contributed by atoms with E-state index in [0.29, 0.717) is 6.54 Å². The quantitative estimate of drug-likeness (QED) is 0.589. The number of aromatic nitrogens is 5. The largest absolute Gasteiger partial charge is 0.338 e. The molecule has 0 bridgehead atoms. The van der Waals surface area contributed by atoms with Crippen LogP contribution in [0.3, 0.4) is 0 Å². The SMILES string of the molecule is Cc1nc(Nc2nccnc2[C@H]2CCCN(C(=O)/C=C/c3c(C)nn(C)c3C)C2)sc1C. The van der Waals surface area contributed by atoms with Crippen LogP contribution in [0.2, 0.25) is 0 Å². The normalized spacial score (nSPS) is 16.7. The fourth-order valence-corrected chi connectivity index (χ4v) is 4.88. The summed E-state index contributed by atoms with van der Waals surface area (Å²) in [5.41, 5.74) is 4.88. The average Bonchev–Trinajstić information content (AvgIpc) is 3.22. The van der Waals surface area contributed by atoms with E-state index in [9.17, 15) is 4.79 Å². The number of thiazole rings is 1. The fourth-order valence-electron chi connectivity index (χ4n) is 4.06. The molecule has 1 amide bonds. The zero-order valence-corrected chi connectivity index (χ0v) is 20.0. The van der Waals surface area contributed by atoms with E-state index < -0.39 is 0 Å². The second kappa shape index (κ2) is 9.20. The molecule has 9 heteroatoms. The molecule has 1 saturated heterocycles. The lowest BCUT2D eigenvalue weighted by molar-refractivity contribution is -0.127. The van der Waals surface area contributed by atoms with Crippen molar-refractivity contribution in [3.63, 3.8) is 0 Å². The first-order valence-electron chi connectivity index (χ1n) is 10.8. The highest BCUT2D eigenvalue weighted by atomic mass is 32.1. The smallest absolute Gasteiger partial charge is 0.246 e. The number of carbonyl (C=O) groups is 1. The first-order valence-corrected chi connectivity index (χ1v) is 11.6. The van der Waals surface area contributed by atoms with Crippen LogP contribution in [0.4, 0.5) is 10.9 Å². The van der Waals surface area contributed by atoms with Crippen molar-refractivity contribution >= 4 is 34.3 Å². The number of piperidine rings is 1. The summed E-state index contributed by atoms with van der Waals surface area (Å²) < 4.78 is 1.84. The molecular weight excluding hydrogens is 422 g/mol. The predicted octanol–water partition coefficient (Wildman–Crippen LogP) is 4.06. The maximum atomic E-state index is 12.9. The van der Waals surface area contributed by atoms with Gasteiger partial charge in [-0.25, -0.2) is 9.97 Å². The van der Waals surface area contributed by atoms with E-state index in [1.54, 1.807) is 29.8 Å². The molecule has 1 aliphatic rings. The molecule has 1 atom stereocenters. The van der Waals surface area contributed by atoms with Gasteiger partial charge >= 0.3 is 0 Å². The number of carbonyl (C=O) groups excluding carboxylic acids is 1. The zero-order valence-electron chi connectivity index (χ0n) is 19.2. The summed E-state index contributed by atoms with van der Waals surface area (Å²) in [6, 6.07) is 0. The Morgan fingerprint density at radius 2 is 1.97 bits per heavy atom. The Kier molecular flexibility index (Phi) is 6.36. The van der Waals surface area contributed by atoms with Crippen molar-refractivity contribution in [2.45, 2.75) is 46.5 Å². The first kappa shape index (κ1) is 22.1. The van der Waals surface area contributed by atoms with Gasteiger partial charge in [0.25, 0.3) is 0 Å². The summed E-state index contributed by atoms with van der Waals surface area (Å²) in [5.74, 6) is 0.862. The summed E-state index contributed by atoms with van der Waals surface area (Å²) in [7, 11) is 1.91. The lowest BCUT2D eigenvalue weighted by Gasteiger charge is -2.32. The van der Waals surface area contributed by atoms with Crippen LogP contribution in [0.15, 0.2) is 18.5 Å². The van der Waals surface area contributed by atoms with E-state index in [2.05, 4.69) is 32.3 Å². The van der Waals surface area contributed by atoms with Gasteiger partial charge in [-0.05, 0) is 46.6 Å². The third-order valence-corrected chi connectivity index (χ3v) is 7.05. The monoisotopic (exact) mass is 451 g/mol. The van der Waals surface area contributed by atoms with Crippen LogP contribution in [-0.2, 0) is 11.8 Å². The Bertz CT molecular complexity index is 1140. The van der Waals surface area contributed by atoms with Gasteiger partial charge in [0, 0.05) is 60.7 Å². The molecule has 0 spiro atoms. The van der Waals surface area contributed by atoms with Crippen LogP contribution in [0.25, 0.3) is 6.08 Å². The number of anilines is 2. The number of likely N-dealkylation sites (tertiary alicyclic amines) is 1. The third-order valence-electron chi connectivity index (χ3n) is 6.06. The highest BCUT2D eigenvalue weighted by molar-refractivity contribution is 7.15. The molecule has 0 unspecified atom stereocenters. The van der Waals surface area contributed by atoms with Crippen LogP contribution < -0.4 is 5.32 Å². The second-order valence-electron chi connectivity index (χ2n) is 8.24. The van der Waals surface area contributed by atoms with Gasteiger partial charge in [0.2, 0.25) is 5.91 Å². The molecule has 8 nitrogen and oxygen atoms in total. The highest BCUT2D eigenvalue weighted by Gasteiger charge is 2.27. The Labute approximate surface area is 192 Å². The number of nitrogens with one attached hydrogen (secondary N) is 1. The van der Waals surface area contributed by atoms with Gasteiger partial charge in [-0.1, -0.05) is 0 Å². The molecule has 168 valence electrons. The first-order chi connectivity index (χ1) is 15.3. The minimum Gasteiger partial charge on any atom is -0.338 e. The molecule has 3 aromatic rings. The van der Waals surface area contributed by atoms with Crippen LogP contribution in [0.1, 0.15) is 52.0 Å². The standard InChI is InChI=1S/C23H29N7OS/c1-14-17(4)32-23(26-14)27-22-21(24-10-11-25-22)18-7-6-12-30(13-18)20(31)9-8-19-15(2)28-29(5)16(19)3/h8-11,18H,6-7,12-13H2,1-5H3,(H,25,26,27)/b9-8+/t18-/m0/s1. The lowest BCUT2D eigenvalue weighted by Crippen LogP contribution is -2.38. The molecule has 0 aliphatic carbocycles. The lowest BCUT2D eigenvalue weighted by atomic mass is 9.94. The predicted molar refractivity (Wildman–Crippen MR) is 127 cm³/mol. The Hall–Kier alpha value is -3.07. The number of hydrogen-bond acceptors (Lipinski definition) is 7. The van der Waals surface area contributed by atoms with Gasteiger partial charge in [0.15, 0.2) is 10.9 Å². The van der Waals surface area contributed by atoms with Crippen molar-refractivity contribution in [2.24, 2.45) is 7.05 Å². The minimum absolute atomic E-state index is 0.0157. The van der Waals surface area contributed by atoms with Gasteiger partial charge in [-0.3, -0.25) is 14.5 Å². The topological polar surface area (TPSA) is 88.8 Å².